The molecule has 5 nitrogen and oxygen atoms in total. The fourth-order valence-electron chi connectivity index (χ4n) is 2.40. The van der Waals surface area contributed by atoms with E-state index in [1.165, 1.54) is 6.26 Å². The maximum atomic E-state index is 11.8. The second kappa shape index (κ2) is 6.02. The van der Waals surface area contributed by atoms with Crippen LogP contribution >= 0.6 is 0 Å². The van der Waals surface area contributed by atoms with Crippen molar-refractivity contribution in [2.75, 3.05) is 33.4 Å². The van der Waals surface area contributed by atoms with Crippen molar-refractivity contribution in [1.82, 2.24) is 10.6 Å². The van der Waals surface area contributed by atoms with E-state index in [2.05, 4.69) is 10.6 Å². The molecule has 1 aromatic rings. The standard InChI is InChI=1S/C13H20N2O3/c1-17-10-13(4-6-14-7-5-13)9-15-12(16)11-3-2-8-18-11/h2-3,8,14H,4-7,9-10H2,1H3,(H,15,16). The Morgan fingerprint density at radius 2 is 2.33 bits per heavy atom. The number of carbonyl (C=O) groups excluding carboxylic acids is 1. The summed E-state index contributed by atoms with van der Waals surface area (Å²) in [4.78, 5) is 11.8. The lowest BCUT2D eigenvalue weighted by molar-refractivity contribution is 0.0506. The number of nitrogens with one attached hydrogen (secondary N) is 2. The zero-order valence-corrected chi connectivity index (χ0v) is 10.7. The smallest absolute Gasteiger partial charge is 0.286 e. The molecular weight excluding hydrogens is 232 g/mol. The second-order valence-electron chi connectivity index (χ2n) is 4.84. The van der Waals surface area contributed by atoms with Crippen molar-refractivity contribution in [3.05, 3.63) is 24.2 Å². The minimum absolute atomic E-state index is 0.0439. The van der Waals surface area contributed by atoms with Gasteiger partial charge >= 0.3 is 0 Å². The molecule has 0 saturated carbocycles. The Bertz CT molecular complexity index is 364. The molecule has 2 heterocycles. The highest BCUT2D eigenvalue weighted by Crippen LogP contribution is 2.28. The number of amides is 1. The summed E-state index contributed by atoms with van der Waals surface area (Å²) >= 11 is 0. The quantitative estimate of drug-likeness (QED) is 0.821. The van der Waals surface area contributed by atoms with E-state index in [0.29, 0.717) is 18.9 Å². The van der Waals surface area contributed by atoms with E-state index in [-0.39, 0.29) is 11.3 Å². The van der Waals surface area contributed by atoms with E-state index >= 15 is 0 Å². The first-order chi connectivity index (χ1) is 8.76. The van der Waals surface area contributed by atoms with Crippen molar-refractivity contribution >= 4 is 5.91 Å². The average Bonchev–Trinajstić information content (AvgIpc) is 2.91. The predicted octanol–water partition coefficient (Wildman–Crippen LogP) is 1.03. The van der Waals surface area contributed by atoms with Gasteiger partial charge in [0.1, 0.15) is 0 Å². The Hall–Kier alpha value is -1.33. The lowest BCUT2D eigenvalue weighted by Gasteiger charge is -2.37. The lowest BCUT2D eigenvalue weighted by Crippen LogP contribution is -2.47. The molecule has 0 unspecified atom stereocenters. The molecular formula is C13H20N2O3. The Kier molecular flexibility index (Phi) is 4.38. The van der Waals surface area contributed by atoms with Gasteiger partial charge in [0.25, 0.3) is 5.91 Å². The highest BCUT2D eigenvalue weighted by atomic mass is 16.5. The zero-order valence-electron chi connectivity index (χ0n) is 10.7. The van der Waals surface area contributed by atoms with Crippen molar-refractivity contribution in [3.8, 4) is 0 Å². The first-order valence-electron chi connectivity index (χ1n) is 6.27. The van der Waals surface area contributed by atoms with Crippen molar-refractivity contribution < 1.29 is 13.9 Å². The molecule has 1 aliphatic rings. The van der Waals surface area contributed by atoms with Gasteiger partial charge in [0.15, 0.2) is 5.76 Å². The lowest BCUT2D eigenvalue weighted by atomic mass is 9.79. The van der Waals surface area contributed by atoms with Crippen LogP contribution in [0.5, 0.6) is 0 Å². The van der Waals surface area contributed by atoms with E-state index in [4.69, 9.17) is 9.15 Å². The maximum Gasteiger partial charge on any atom is 0.286 e. The third kappa shape index (κ3) is 3.11. The molecule has 0 aromatic carbocycles. The first kappa shape index (κ1) is 13.1. The summed E-state index contributed by atoms with van der Waals surface area (Å²) < 4.78 is 10.4. The van der Waals surface area contributed by atoms with Gasteiger partial charge in [-0.05, 0) is 38.1 Å². The van der Waals surface area contributed by atoms with Gasteiger partial charge in [-0.25, -0.2) is 0 Å². The Balaban J connectivity index is 1.91. The van der Waals surface area contributed by atoms with Crippen LogP contribution < -0.4 is 10.6 Å². The fourth-order valence-corrected chi connectivity index (χ4v) is 2.40. The molecule has 1 saturated heterocycles. The van der Waals surface area contributed by atoms with Crippen molar-refractivity contribution in [2.24, 2.45) is 5.41 Å². The van der Waals surface area contributed by atoms with E-state index in [1.54, 1.807) is 19.2 Å². The van der Waals surface area contributed by atoms with Crippen LogP contribution in [0.4, 0.5) is 0 Å². The fraction of sp³-hybridized carbons (Fsp3) is 0.615. The minimum atomic E-state index is -0.158. The second-order valence-corrected chi connectivity index (χ2v) is 4.84. The van der Waals surface area contributed by atoms with Gasteiger partial charge in [-0.3, -0.25) is 4.79 Å². The summed E-state index contributed by atoms with van der Waals surface area (Å²) in [6.45, 7) is 3.25. The third-order valence-corrected chi connectivity index (χ3v) is 3.48. The van der Waals surface area contributed by atoms with Gasteiger partial charge in [0, 0.05) is 19.1 Å². The van der Waals surface area contributed by atoms with Gasteiger partial charge in [0.2, 0.25) is 0 Å². The van der Waals surface area contributed by atoms with Crippen LogP contribution in [0.15, 0.2) is 22.8 Å². The normalized spacial score (nSPS) is 18.5. The molecule has 1 amide bonds. The van der Waals surface area contributed by atoms with E-state index in [0.717, 1.165) is 25.9 Å². The molecule has 2 rings (SSSR count). The summed E-state index contributed by atoms with van der Waals surface area (Å²) in [6, 6.07) is 3.38. The van der Waals surface area contributed by atoms with Crippen molar-refractivity contribution in [1.29, 1.82) is 0 Å². The average molecular weight is 252 g/mol. The Morgan fingerprint density at radius 1 is 1.56 bits per heavy atom. The summed E-state index contributed by atoms with van der Waals surface area (Å²) in [5.74, 6) is 0.200. The van der Waals surface area contributed by atoms with Crippen LogP contribution in [0.2, 0.25) is 0 Å². The van der Waals surface area contributed by atoms with Gasteiger partial charge < -0.3 is 19.8 Å². The number of carbonyl (C=O) groups is 1. The van der Waals surface area contributed by atoms with Crippen LogP contribution in [0.25, 0.3) is 0 Å². The van der Waals surface area contributed by atoms with E-state index < -0.39 is 0 Å². The number of piperidine rings is 1. The van der Waals surface area contributed by atoms with Gasteiger partial charge in [-0.2, -0.15) is 0 Å². The molecule has 18 heavy (non-hydrogen) atoms. The van der Waals surface area contributed by atoms with Crippen molar-refractivity contribution in [2.45, 2.75) is 12.8 Å². The SMILES string of the molecule is COCC1(CNC(=O)c2ccco2)CCNCC1. The van der Waals surface area contributed by atoms with Crippen LogP contribution in [-0.2, 0) is 4.74 Å². The van der Waals surface area contributed by atoms with E-state index in [1.807, 2.05) is 0 Å². The van der Waals surface area contributed by atoms with Gasteiger partial charge in [0.05, 0.1) is 12.9 Å². The summed E-state index contributed by atoms with van der Waals surface area (Å²) in [7, 11) is 1.71. The van der Waals surface area contributed by atoms with Crippen LogP contribution in [0.1, 0.15) is 23.4 Å². The number of methoxy groups -OCH3 is 1. The molecule has 5 heteroatoms. The molecule has 0 radical (unpaired) electrons. The molecule has 100 valence electrons. The molecule has 0 bridgehead atoms. The number of ether oxygens (including phenoxy) is 1. The molecule has 2 N–H and O–H groups in total. The monoisotopic (exact) mass is 252 g/mol. The van der Waals surface area contributed by atoms with Crippen LogP contribution in [0.3, 0.4) is 0 Å². The highest BCUT2D eigenvalue weighted by Gasteiger charge is 2.32. The van der Waals surface area contributed by atoms with Crippen molar-refractivity contribution in [3.63, 3.8) is 0 Å². The van der Waals surface area contributed by atoms with E-state index in [9.17, 15) is 4.79 Å². The highest BCUT2D eigenvalue weighted by molar-refractivity contribution is 5.91. The Labute approximate surface area is 107 Å². The molecule has 0 spiro atoms. The molecule has 1 aliphatic heterocycles. The third-order valence-electron chi connectivity index (χ3n) is 3.48. The summed E-state index contributed by atoms with van der Waals surface area (Å²) in [5, 5.41) is 6.27. The van der Waals surface area contributed by atoms with Crippen LogP contribution in [0, 0.1) is 5.41 Å². The number of hydrogen-bond donors (Lipinski definition) is 2. The molecule has 0 atom stereocenters. The topological polar surface area (TPSA) is 63.5 Å². The van der Waals surface area contributed by atoms with Gasteiger partial charge in [-0.15, -0.1) is 0 Å². The predicted molar refractivity (Wildman–Crippen MR) is 67.5 cm³/mol. The van der Waals surface area contributed by atoms with Crippen LogP contribution in [-0.4, -0.2) is 39.3 Å². The first-order valence-corrected chi connectivity index (χ1v) is 6.27. The molecule has 0 aliphatic carbocycles. The summed E-state index contributed by atoms with van der Waals surface area (Å²) in [5.41, 5.74) is 0.0439. The maximum absolute atomic E-state index is 11.8. The zero-order chi connectivity index (χ0) is 12.8. The molecule has 1 fully saturated rings. The number of furan rings is 1. The minimum Gasteiger partial charge on any atom is -0.459 e. The number of hydrogen-bond acceptors (Lipinski definition) is 4. The van der Waals surface area contributed by atoms with Gasteiger partial charge in [-0.1, -0.05) is 0 Å². The summed E-state index contributed by atoms with van der Waals surface area (Å²) in [6.07, 6.45) is 3.53. The number of rotatable bonds is 5. The largest absolute Gasteiger partial charge is 0.459 e. The molecule has 1 aromatic heterocycles. The Morgan fingerprint density at radius 3 is 2.94 bits per heavy atom.